The summed E-state index contributed by atoms with van der Waals surface area (Å²) in [6.45, 7) is 15.2. The number of ether oxygens (including phenoxy) is 1. The normalized spacial score (nSPS) is 24.4. The molecule has 2 rings (SSSR count). The summed E-state index contributed by atoms with van der Waals surface area (Å²) in [5, 5.41) is 11.9. The van der Waals surface area contributed by atoms with E-state index in [9.17, 15) is 0 Å². The standard InChI is InChI=1S/C15H29N5O/c1-12-11-21-13(2)9-19(12)6-7-20-10-14(17-18-20)8-16-15(3,4)5/h10,12-13,16H,6-9,11H2,1-5H3. The van der Waals surface area contributed by atoms with Crippen LogP contribution in [0, 0.1) is 0 Å². The van der Waals surface area contributed by atoms with Crippen molar-refractivity contribution in [2.24, 2.45) is 0 Å². The van der Waals surface area contributed by atoms with Crippen molar-refractivity contribution in [2.75, 3.05) is 19.7 Å². The first kappa shape index (κ1) is 16.4. The molecule has 6 nitrogen and oxygen atoms in total. The quantitative estimate of drug-likeness (QED) is 0.887. The molecule has 2 unspecified atom stereocenters. The van der Waals surface area contributed by atoms with Gasteiger partial charge in [0.1, 0.15) is 0 Å². The maximum absolute atomic E-state index is 5.66. The molecular weight excluding hydrogens is 266 g/mol. The van der Waals surface area contributed by atoms with Gasteiger partial charge in [-0.1, -0.05) is 5.21 Å². The summed E-state index contributed by atoms with van der Waals surface area (Å²) in [6, 6.07) is 0.478. The Labute approximate surface area is 127 Å². The highest BCUT2D eigenvalue weighted by atomic mass is 16.5. The van der Waals surface area contributed by atoms with Crippen LogP contribution in [0.25, 0.3) is 0 Å². The topological polar surface area (TPSA) is 55.2 Å². The van der Waals surface area contributed by atoms with Gasteiger partial charge >= 0.3 is 0 Å². The Balaban J connectivity index is 1.79. The van der Waals surface area contributed by atoms with Crippen LogP contribution in [0.4, 0.5) is 0 Å². The number of nitrogens with zero attached hydrogens (tertiary/aromatic N) is 4. The third-order valence-electron chi connectivity index (χ3n) is 3.74. The van der Waals surface area contributed by atoms with Crippen LogP contribution in [0.3, 0.4) is 0 Å². The highest BCUT2D eigenvalue weighted by molar-refractivity contribution is 4.93. The molecule has 1 aromatic rings. The van der Waals surface area contributed by atoms with Gasteiger partial charge < -0.3 is 10.1 Å². The zero-order chi connectivity index (χ0) is 15.5. The van der Waals surface area contributed by atoms with Gasteiger partial charge in [-0.15, -0.1) is 5.10 Å². The molecule has 1 N–H and O–H groups in total. The molecule has 0 aromatic carbocycles. The Hall–Kier alpha value is -0.980. The van der Waals surface area contributed by atoms with Crippen LogP contribution in [-0.2, 0) is 17.8 Å². The van der Waals surface area contributed by atoms with Crippen molar-refractivity contribution >= 4 is 0 Å². The fourth-order valence-corrected chi connectivity index (χ4v) is 2.40. The van der Waals surface area contributed by atoms with Crippen LogP contribution in [0.1, 0.15) is 40.3 Å². The minimum Gasteiger partial charge on any atom is -0.376 e. The lowest BCUT2D eigenvalue weighted by atomic mass is 10.1. The van der Waals surface area contributed by atoms with E-state index in [1.54, 1.807) is 0 Å². The van der Waals surface area contributed by atoms with Gasteiger partial charge in [0.2, 0.25) is 0 Å². The van der Waals surface area contributed by atoms with Crippen molar-refractivity contribution in [1.29, 1.82) is 0 Å². The summed E-state index contributed by atoms with van der Waals surface area (Å²) < 4.78 is 7.59. The number of morpholine rings is 1. The van der Waals surface area contributed by atoms with Crippen molar-refractivity contribution in [1.82, 2.24) is 25.2 Å². The van der Waals surface area contributed by atoms with Gasteiger partial charge in [-0.05, 0) is 34.6 Å². The molecule has 1 aliphatic heterocycles. The molecule has 0 spiro atoms. The Morgan fingerprint density at radius 3 is 2.81 bits per heavy atom. The van der Waals surface area contributed by atoms with Gasteiger partial charge in [-0.2, -0.15) is 0 Å². The first-order valence-electron chi connectivity index (χ1n) is 7.83. The number of hydrogen-bond acceptors (Lipinski definition) is 5. The number of nitrogens with one attached hydrogen (secondary N) is 1. The third-order valence-corrected chi connectivity index (χ3v) is 3.74. The molecule has 1 aliphatic rings. The summed E-state index contributed by atoms with van der Waals surface area (Å²) >= 11 is 0. The highest BCUT2D eigenvalue weighted by Crippen LogP contribution is 2.11. The van der Waals surface area contributed by atoms with E-state index in [1.807, 2.05) is 10.9 Å². The van der Waals surface area contributed by atoms with Crippen LogP contribution in [0.2, 0.25) is 0 Å². The van der Waals surface area contributed by atoms with E-state index in [-0.39, 0.29) is 5.54 Å². The van der Waals surface area contributed by atoms with Crippen molar-refractivity contribution in [3.8, 4) is 0 Å². The summed E-state index contributed by atoms with van der Waals surface area (Å²) in [5.74, 6) is 0. The van der Waals surface area contributed by atoms with Crippen molar-refractivity contribution in [3.05, 3.63) is 11.9 Å². The Bertz CT molecular complexity index is 440. The monoisotopic (exact) mass is 295 g/mol. The van der Waals surface area contributed by atoms with Gasteiger partial charge in [-0.3, -0.25) is 9.58 Å². The first-order chi connectivity index (χ1) is 9.83. The predicted molar refractivity (Wildman–Crippen MR) is 83.1 cm³/mol. The number of hydrogen-bond donors (Lipinski definition) is 1. The molecule has 21 heavy (non-hydrogen) atoms. The summed E-state index contributed by atoms with van der Waals surface area (Å²) in [5.41, 5.74) is 1.09. The summed E-state index contributed by atoms with van der Waals surface area (Å²) in [6.07, 6.45) is 2.36. The van der Waals surface area contributed by atoms with Crippen molar-refractivity contribution < 1.29 is 4.74 Å². The number of aromatic nitrogens is 3. The van der Waals surface area contributed by atoms with Gasteiger partial charge in [0.25, 0.3) is 0 Å². The maximum Gasteiger partial charge on any atom is 0.0965 e. The van der Waals surface area contributed by atoms with Crippen LogP contribution in [0.15, 0.2) is 6.20 Å². The third kappa shape index (κ3) is 5.37. The van der Waals surface area contributed by atoms with E-state index in [0.29, 0.717) is 12.1 Å². The molecule has 1 aromatic heterocycles. The van der Waals surface area contributed by atoms with E-state index >= 15 is 0 Å². The van der Waals surface area contributed by atoms with Gasteiger partial charge in [0.05, 0.1) is 24.9 Å². The van der Waals surface area contributed by atoms with E-state index in [2.05, 4.69) is 55.1 Å². The summed E-state index contributed by atoms with van der Waals surface area (Å²) in [4.78, 5) is 2.46. The van der Waals surface area contributed by atoms with Crippen LogP contribution in [-0.4, -0.2) is 57.3 Å². The first-order valence-corrected chi connectivity index (χ1v) is 7.83. The van der Waals surface area contributed by atoms with E-state index in [1.165, 1.54) is 0 Å². The van der Waals surface area contributed by atoms with E-state index < -0.39 is 0 Å². The van der Waals surface area contributed by atoms with Crippen molar-refractivity contribution in [2.45, 2.75) is 65.4 Å². The molecular formula is C15H29N5O. The summed E-state index contributed by atoms with van der Waals surface area (Å²) in [7, 11) is 0. The minimum absolute atomic E-state index is 0.100. The lowest BCUT2D eigenvalue weighted by Gasteiger charge is -2.36. The van der Waals surface area contributed by atoms with Crippen LogP contribution >= 0.6 is 0 Å². The zero-order valence-electron chi connectivity index (χ0n) is 14.0. The fraction of sp³-hybridized carbons (Fsp3) is 0.867. The smallest absolute Gasteiger partial charge is 0.0965 e. The fourth-order valence-electron chi connectivity index (χ4n) is 2.40. The van der Waals surface area contributed by atoms with Gasteiger partial charge in [0, 0.05) is 37.4 Å². The lowest BCUT2D eigenvalue weighted by Crippen LogP contribution is -2.48. The van der Waals surface area contributed by atoms with Crippen LogP contribution in [0.5, 0.6) is 0 Å². The van der Waals surface area contributed by atoms with Gasteiger partial charge in [-0.25, -0.2) is 0 Å². The van der Waals surface area contributed by atoms with Crippen molar-refractivity contribution in [3.63, 3.8) is 0 Å². The molecule has 0 saturated carbocycles. The largest absolute Gasteiger partial charge is 0.376 e. The molecule has 1 fully saturated rings. The van der Waals surface area contributed by atoms with Crippen LogP contribution < -0.4 is 5.32 Å². The second-order valence-electron chi connectivity index (χ2n) is 7.06. The Kier molecular flexibility index (Phi) is 5.35. The average Bonchev–Trinajstić information content (AvgIpc) is 2.85. The maximum atomic E-state index is 5.66. The molecule has 0 aliphatic carbocycles. The molecule has 0 amide bonds. The SMILES string of the molecule is CC1CN(CCn2cc(CNC(C)(C)C)nn2)C(C)CO1. The molecule has 0 radical (unpaired) electrons. The lowest BCUT2D eigenvalue weighted by molar-refractivity contribution is -0.0504. The minimum atomic E-state index is 0.100. The average molecular weight is 295 g/mol. The number of rotatable bonds is 5. The molecule has 120 valence electrons. The molecule has 2 heterocycles. The van der Waals surface area contributed by atoms with E-state index in [0.717, 1.165) is 38.5 Å². The van der Waals surface area contributed by atoms with E-state index in [4.69, 9.17) is 4.74 Å². The second-order valence-corrected chi connectivity index (χ2v) is 7.06. The Morgan fingerprint density at radius 2 is 2.10 bits per heavy atom. The Morgan fingerprint density at radius 1 is 1.33 bits per heavy atom. The predicted octanol–water partition coefficient (Wildman–Crippen LogP) is 1.28. The highest BCUT2D eigenvalue weighted by Gasteiger charge is 2.23. The molecule has 1 saturated heterocycles. The zero-order valence-corrected chi connectivity index (χ0v) is 14.0. The molecule has 2 atom stereocenters. The molecule has 0 bridgehead atoms. The second kappa shape index (κ2) is 6.85. The van der Waals surface area contributed by atoms with Gasteiger partial charge in [0.15, 0.2) is 0 Å². The molecule has 6 heteroatoms.